The molecule has 0 bridgehead atoms. The van der Waals surface area contributed by atoms with Crippen molar-refractivity contribution in [3.63, 3.8) is 0 Å². The molecule has 2 N–H and O–H groups in total. The topological polar surface area (TPSA) is 74.6 Å². The van der Waals surface area contributed by atoms with E-state index in [0.29, 0.717) is 25.7 Å². The minimum atomic E-state index is -6.50. The van der Waals surface area contributed by atoms with E-state index in [1.54, 1.807) is 0 Å². The molecule has 18 heteroatoms. The van der Waals surface area contributed by atoms with E-state index < -0.39 is 85.5 Å². The molecule has 46 heavy (non-hydrogen) atoms. The van der Waals surface area contributed by atoms with Gasteiger partial charge in [0, 0.05) is 25.7 Å². The first-order valence-corrected chi connectivity index (χ1v) is 14.9. The van der Waals surface area contributed by atoms with E-state index in [1.165, 1.54) is 0 Å². The zero-order valence-electron chi connectivity index (χ0n) is 24.9. The molecule has 4 nitrogen and oxygen atoms in total. The predicted molar refractivity (Wildman–Crippen MR) is 137 cm³/mol. The van der Waals surface area contributed by atoms with Crippen LogP contribution in [0.25, 0.3) is 0 Å². The van der Waals surface area contributed by atoms with Crippen LogP contribution in [0.4, 0.5) is 61.5 Å². The first-order valence-electron chi connectivity index (χ1n) is 14.9. The third-order valence-electron chi connectivity index (χ3n) is 7.86. The molecule has 0 saturated carbocycles. The fraction of sp³-hybridized carbons (Fsp3) is 0.929. The Labute approximate surface area is 257 Å². The second-order valence-corrected chi connectivity index (χ2v) is 11.6. The quantitative estimate of drug-likeness (QED) is 0.0732. The molecule has 0 aromatic rings. The molecular weight excluding hydrogens is 666 g/mol. The summed E-state index contributed by atoms with van der Waals surface area (Å²) in [5.41, 5.74) is 0. The lowest BCUT2D eigenvalue weighted by Gasteiger charge is -2.30. The van der Waals surface area contributed by atoms with Crippen molar-refractivity contribution in [2.75, 3.05) is 0 Å². The van der Waals surface area contributed by atoms with Crippen molar-refractivity contribution >= 4 is 11.9 Å². The van der Waals surface area contributed by atoms with Gasteiger partial charge in [0.1, 0.15) is 0 Å². The Hall–Kier alpha value is -2.04. The van der Waals surface area contributed by atoms with Crippen molar-refractivity contribution in [1.82, 2.24) is 0 Å². The third-order valence-corrected chi connectivity index (χ3v) is 7.86. The third kappa shape index (κ3) is 14.4. The predicted octanol–water partition coefficient (Wildman–Crippen LogP) is 11.1. The number of rotatable bonds is 25. The van der Waals surface area contributed by atoms with Gasteiger partial charge in [0.15, 0.2) is 0 Å². The van der Waals surface area contributed by atoms with Crippen molar-refractivity contribution in [1.29, 1.82) is 0 Å². The van der Waals surface area contributed by atoms with Gasteiger partial charge in [0.2, 0.25) is 0 Å². The lowest BCUT2D eigenvalue weighted by molar-refractivity contribution is -0.356. The van der Waals surface area contributed by atoms with E-state index >= 15 is 0 Å². The van der Waals surface area contributed by atoms with Crippen LogP contribution in [0, 0.1) is 11.8 Å². The fourth-order valence-electron chi connectivity index (χ4n) is 5.19. The van der Waals surface area contributed by atoms with Crippen molar-refractivity contribution in [2.24, 2.45) is 11.8 Å². The molecule has 0 heterocycles. The summed E-state index contributed by atoms with van der Waals surface area (Å²) < 4.78 is 183. The lowest BCUT2D eigenvalue weighted by atomic mass is 9.78. The van der Waals surface area contributed by atoms with Crippen LogP contribution in [0.3, 0.4) is 0 Å². The smallest absolute Gasteiger partial charge is 0.459 e. The van der Waals surface area contributed by atoms with Gasteiger partial charge in [-0.05, 0) is 37.5 Å². The maximum atomic E-state index is 13.7. The van der Waals surface area contributed by atoms with Crippen LogP contribution < -0.4 is 0 Å². The van der Waals surface area contributed by atoms with Gasteiger partial charge in [-0.25, -0.2) is 0 Å². The van der Waals surface area contributed by atoms with Crippen LogP contribution in [0.5, 0.6) is 0 Å². The first-order chi connectivity index (χ1) is 20.8. The average molecular weight is 707 g/mol. The van der Waals surface area contributed by atoms with Gasteiger partial charge in [-0.15, -0.1) is 0 Å². The number of alkyl halides is 14. The Bertz CT molecular complexity index is 832. The van der Waals surface area contributed by atoms with Crippen LogP contribution >= 0.6 is 0 Å². The van der Waals surface area contributed by atoms with E-state index in [-0.39, 0.29) is 64.2 Å². The second-order valence-electron chi connectivity index (χ2n) is 11.6. The summed E-state index contributed by atoms with van der Waals surface area (Å²) in [5.74, 6) is -26.6. The van der Waals surface area contributed by atoms with Gasteiger partial charge in [-0.1, -0.05) is 64.2 Å². The van der Waals surface area contributed by atoms with Crippen LogP contribution in [-0.2, 0) is 9.59 Å². The monoisotopic (exact) mass is 706 g/mol. The van der Waals surface area contributed by atoms with Crippen LogP contribution in [0.2, 0.25) is 0 Å². The number of hydrogen-bond donors (Lipinski definition) is 2. The summed E-state index contributed by atoms with van der Waals surface area (Å²) in [5, 5.41) is 17.6. The van der Waals surface area contributed by atoms with Gasteiger partial charge in [0.05, 0.1) is 0 Å². The average Bonchev–Trinajstić information content (AvgIpc) is 2.88. The Morgan fingerprint density at radius 1 is 0.413 bits per heavy atom. The largest absolute Gasteiger partial charge is 0.481 e. The van der Waals surface area contributed by atoms with Gasteiger partial charge in [-0.2, -0.15) is 61.5 Å². The number of halogens is 14. The summed E-state index contributed by atoms with van der Waals surface area (Å²) >= 11 is 0. The molecule has 0 aliphatic rings. The summed E-state index contributed by atoms with van der Waals surface area (Å²) in [4.78, 5) is 21.5. The zero-order valence-corrected chi connectivity index (χ0v) is 24.9. The molecular formula is C28H40F14O4. The Morgan fingerprint density at radius 2 is 0.674 bits per heavy atom. The van der Waals surface area contributed by atoms with Crippen LogP contribution in [-0.4, -0.2) is 58.2 Å². The van der Waals surface area contributed by atoms with Gasteiger partial charge < -0.3 is 10.2 Å². The lowest BCUT2D eigenvalue weighted by Crippen LogP contribution is -2.51. The molecule has 0 amide bonds. The SMILES string of the molecule is O=C(O)CCCCCC(CCCCC(F)(F)C(F)(F)C(F)(F)F)C(CCCCCC(=O)O)CCCCC(F)(F)C(F)(F)C(F)(F)F. The minimum Gasteiger partial charge on any atom is -0.481 e. The van der Waals surface area contributed by atoms with Crippen molar-refractivity contribution < 1.29 is 81.3 Å². The normalized spacial score (nSPS) is 15.2. The van der Waals surface area contributed by atoms with Crippen molar-refractivity contribution in [2.45, 2.75) is 152 Å². The van der Waals surface area contributed by atoms with E-state index in [4.69, 9.17) is 10.2 Å². The molecule has 0 aromatic heterocycles. The van der Waals surface area contributed by atoms with Crippen LogP contribution in [0.15, 0.2) is 0 Å². The minimum absolute atomic E-state index is 0.0191. The number of hydrogen-bond acceptors (Lipinski definition) is 2. The molecule has 0 fully saturated rings. The molecule has 0 aliphatic carbocycles. The first kappa shape index (κ1) is 44.0. The van der Waals surface area contributed by atoms with Crippen LogP contribution in [0.1, 0.15) is 116 Å². The van der Waals surface area contributed by atoms with E-state index in [9.17, 15) is 71.1 Å². The highest BCUT2D eigenvalue weighted by Crippen LogP contribution is 2.50. The number of carboxylic acids is 2. The number of unbranched alkanes of at least 4 members (excludes halogenated alkanes) is 6. The molecule has 274 valence electrons. The molecule has 0 saturated heterocycles. The van der Waals surface area contributed by atoms with Gasteiger partial charge >= 0.3 is 48.0 Å². The Morgan fingerprint density at radius 3 is 0.913 bits per heavy atom. The Balaban J connectivity index is 5.66. The van der Waals surface area contributed by atoms with E-state index in [0.717, 1.165) is 0 Å². The Kier molecular flexibility index (Phi) is 17.7. The molecule has 0 radical (unpaired) electrons. The molecule has 2 unspecified atom stereocenters. The summed E-state index contributed by atoms with van der Waals surface area (Å²) in [6.07, 6.45) is -16.7. The van der Waals surface area contributed by atoms with Crippen molar-refractivity contribution in [3.05, 3.63) is 0 Å². The van der Waals surface area contributed by atoms with Gasteiger partial charge in [0.25, 0.3) is 0 Å². The molecule has 0 aliphatic heterocycles. The standard InChI is InChI=1S/C28H40F14O4/c29-23(30,25(33,34)27(37,38)39)17-9-7-13-19(11-3-1-5-15-21(43)44)20(12-4-2-6-16-22(45)46)14-8-10-18-24(31,32)26(35,36)28(40,41)42/h19-20H,1-18H2,(H,43,44)(H,45,46). The summed E-state index contributed by atoms with van der Waals surface area (Å²) in [7, 11) is 0. The molecule has 0 spiro atoms. The highest BCUT2D eigenvalue weighted by atomic mass is 19.4. The number of carboxylic acid groups (broad SMARTS) is 2. The van der Waals surface area contributed by atoms with Gasteiger partial charge in [-0.3, -0.25) is 9.59 Å². The molecule has 0 aromatic carbocycles. The number of aliphatic carboxylic acids is 2. The van der Waals surface area contributed by atoms with E-state index in [1.807, 2.05) is 0 Å². The second kappa shape index (κ2) is 18.5. The maximum Gasteiger partial charge on any atom is 0.459 e. The molecule has 2 atom stereocenters. The van der Waals surface area contributed by atoms with Crippen molar-refractivity contribution in [3.8, 4) is 0 Å². The highest BCUT2D eigenvalue weighted by molar-refractivity contribution is 5.66. The summed E-state index contributed by atoms with van der Waals surface area (Å²) in [6, 6.07) is 0. The summed E-state index contributed by atoms with van der Waals surface area (Å²) in [6.45, 7) is 0. The van der Waals surface area contributed by atoms with E-state index in [2.05, 4.69) is 0 Å². The maximum absolute atomic E-state index is 13.7. The number of carbonyl (C=O) groups is 2. The highest BCUT2D eigenvalue weighted by Gasteiger charge is 2.73. The fourth-order valence-corrected chi connectivity index (χ4v) is 5.19. The zero-order chi connectivity index (χ0) is 36.0. The molecule has 0 rings (SSSR count).